The van der Waals surface area contributed by atoms with Crippen molar-refractivity contribution in [2.75, 3.05) is 49.5 Å². The second kappa shape index (κ2) is 8.59. The number of aromatic nitrogens is 1. The minimum Gasteiger partial charge on any atom is -0.384 e. The molecule has 1 N–H and O–H groups in total. The van der Waals surface area contributed by atoms with Gasteiger partial charge in [-0.1, -0.05) is 29.8 Å². The predicted octanol–water partition coefficient (Wildman–Crippen LogP) is 4.51. The normalized spacial score (nSPS) is 15.2. The molecule has 0 unspecified atom stereocenters. The lowest BCUT2D eigenvalue weighted by atomic mass is 10.2. The standard InChI is InChI=1S/C22H25ClN4/c23-18-7-8-20-21(9-11-25-22(20)17-18)24-10-4-12-26-13-15-27(16-14-26)19-5-2-1-3-6-19/h1-3,5-9,11,17H,4,10,12-16H2,(H,24,25). The van der Waals surface area contributed by atoms with E-state index in [4.69, 9.17) is 11.6 Å². The first kappa shape index (κ1) is 18.1. The average Bonchev–Trinajstić information content (AvgIpc) is 2.72. The molecular formula is C22H25ClN4. The predicted molar refractivity (Wildman–Crippen MR) is 115 cm³/mol. The van der Waals surface area contributed by atoms with E-state index in [0.29, 0.717) is 0 Å². The Morgan fingerprint density at radius 2 is 1.78 bits per heavy atom. The lowest BCUT2D eigenvalue weighted by Gasteiger charge is -2.36. The van der Waals surface area contributed by atoms with Crippen LogP contribution in [0.2, 0.25) is 5.02 Å². The third-order valence-corrected chi connectivity index (χ3v) is 5.40. The highest BCUT2D eigenvalue weighted by atomic mass is 35.5. The lowest BCUT2D eigenvalue weighted by molar-refractivity contribution is 0.257. The fourth-order valence-corrected chi connectivity index (χ4v) is 3.84. The largest absolute Gasteiger partial charge is 0.384 e. The Labute approximate surface area is 165 Å². The molecule has 1 aliphatic heterocycles. The molecular weight excluding hydrogens is 356 g/mol. The van der Waals surface area contributed by atoms with Crippen molar-refractivity contribution in [3.05, 3.63) is 65.8 Å². The molecule has 0 amide bonds. The number of piperazine rings is 1. The molecule has 2 aromatic carbocycles. The zero-order chi connectivity index (χ0) is 18.5. The van der Waals surface area contributed by atoms with Crippen LogP contribution >= 0.6 is 11.6 Å². The van der Waals surface area contributed by atoms with Crippen molar-refractivity contribution in [3.8, 4) is 0 Å². The van der Waals surface area contributed by atoms with Crippen molar-refractivity contribution < 1.29 is 0 Å². The van der Waals surface area contributed by atoms with E-state index in [2.05, 4.69) is 50.4 Å². The second-order valence-corrected chi connectivity index (χ2v) is 7.40. The Kier molecular flexibility index (Phi) is 5.75. The summed E-state index contributed by atoms with van der Waals surface area (Å²) in [6, 6.07) is 18.6. The molecule has 1 aliphatic rings. The number of nitrogens with one attached hydrogen (secondary N) is 1. The average molecular weight is 381 g/mol. The topological polar surface area (TPSA) is 31.4 Å². The highest BCUT2D eigenvalue weighted by Gasteiger charge is 2.16. The molecule has 4 nitrogen and oxygen atoms in total. The molecule has 0 atom stereocenters. The first-order valence-electron chi connectivity index (χ1n) is 9.60. The Balaban J connectivity index is 1.23. The third kappa shape index (κ3) is 4.52. The fraction of sp³-hybridized carbons (Fsp3) is 0.318. The van der Waals surface area contributed by atoms with E-state index in [1.165, 1.54) is 5.69 Å². The molecule has 1 aromatic heterocycles. The number of benzene rings is 2. The van der Waals surface area contributed by atoms with Crippen molar-refractivity contribution in [1.82, 2.24) is 9.88 Å². The number of fused-ring (bicyclic) bond motifs is 1. The van der Waals surface area contributed by atoms with E-state index in [1.54, 1.807) is 0 Å². The van der Waals surface area contributed by atoms with Crippen molar-refractivity contribution in [2.45, 2.75) is 6.42 Å². The molecule has 27 heavy (non-hydrogen) atoms. The summed E-state index contributed by atoms with van der Waals surface area (Å²) < 4.78 is 0. The summed E-state index contributed by atoms with van der Waals surface area (Å²) in [7, 11) is 0. The summed E-state index contributed by atoms with van der Waals surface area (Å²) in [5.41, 5.74) is 3.40. The Hall–Kier alpha value is -2.30. The van der Waals surface area contributed by atoms with Crippen LogP contribution in [0.1, 0.15) is 6.42 Å². The maximum atomic E-state index is 6.06. The van der Waals surface area contributed by atoms with E-state index in [9.17, 15) is 0 Å². The van der Waals surface area contributed by atoms with Gasteiger partial charge in [0, 0.05) is 60.7 Å². The quantitative estimate of drug-likeness (QED) is 0.637. The molecule has 0 bridgehead atoms. The van der Waals surface area contributed by atoms with Crippen molar-refractivity contribution >= 4 is 33.9 Å². The molecule has 2 heterocycles. The number of nitrogens with zero attached hydrogens (tertiary/aromatic N) is 3. The van der Waals surface area contributed by atoms with E-state index >= 15 is 0 Å². The van der Waals surface area contributed by atoms with Crippen LogP contribution in [0.4, 0.5) is 11.4 Å². The second-order valence-electron chi connectivity index (χ2n) is 6.96. The first-order chi connectivity index (χ1) is 13.3. The number of pyridine rings is 1. The number of hydrogen-bond acceptors (Lipinski definition) is 4. The SMILES string of the molecule is Clc1ccc2c(NCCCN3CCN(c4ccccc4)CC3)ccnc2c1. The zero-order valence-corrected chi connectivity index (χ0v) is 16.2. The molecule has 5 heteroatoms. The van der Waals surface area contributed by atoms with Crippen molar-refractivity contribution in [3.63, 3.8) is 0 Å². The maximum absolute atomic E-state index is 6.06. The monoisotopic (exact) mass is 380 g/mol. The van der Waals surface area contributed by atoms with Crippen LogP contribution in [-0.4, -0.2) is 49.2 Å². The van der Waals surface area contributed by atoms with Gasteiger partial charge in [-0.15, -0.1) is 0 Å². The van der Waals surface area contributed by atoms with Crippen LogP contribution in [0.3, 0.4) is 0 Å². The van der Waals surface area contributed by atoms with Crippen molar-refractivity contribution in [2.24, 2.45) is 0 Å². The summed E-state index contributed by atoms with van der Waals surface area (Å²) in [5, 5.41) is 5.41. The lowest BCUT2D eigenvalue weighted by Crippen LogP contribution is -2.46. The van der Waals surface area contributed by atoms with E-state index < -0.39 is 0 Å². The first-order valence-corrected chi connectivity index (χ1v) is 9.98. The summed E-state index contributed by atoms with van der Waals surface area (Å²) in [5.74, 6) is 0. The van der Waals surface area contributed by atoms with Gasteiger partial charge in [0.2, 0.25) is 0 Å². The number of para-hydroxylation sites is 1. The Morgan fingerprint density at radius 1 is 0.963 bits per heavy atom. The fourth-order valence-electron chi connectivity index (χ4n) is 3.67. The van der Waals surface area contributed by atoms with Crippen LogP contribution in [-0.2, 0) is 0 Å². The Bertz CT molecular complexity index is 876. The number of hydrogen-bond donors (Lipinski definition) is 1. The molecule has 140 valence electrons. The number of rotatable bonds is 6. The van der Waals surface area contributed by atoms with Crippen molar-refractivity contribution in [1.29, 1.82) is 0 Å². The van der Waals surface area contributed by atoms with Gasteiger partial charge in [-0.3, -0.25) is 9.88 Å². The van der Waals surface area contributed by atoms with Gasteiger partial charge >= 0.3 is 0 Å². The molecule has 1 fully saturated rings. The van der Waals surface area contributed by atoms with Gasteiger partial charge in [-0.25, -0.2) is 0 Å². The highest BCUT2D eigenvalue weighted by molar-refractivity contribution is 6.31. The molecule has 4 rings (SSSR count). The molecule has 3 aromatic rings. The van der Waals surface area contributed by atoms with E-state index in [1.807, 2.05) is 30.5 Å². The summed E-state index contributed by atoms with van der Waals surface area (Å²) in [4.78, 5) is 9.44. The number of anilines is 2. The summed E-state index contributed by atoms with van der Waals surface area (Å²) in [6.45, 7) is 6.56. The number of halogens is 1. The van der Waals surface area contributed by atoms with Crippen LogP contribution in [0, 0.1) is 0 Å². The van der Waals surface area contributed by atoms with Gasteiger partial charge in [0.25, 0.3) is 0 Å². The van der Waals surface area contributed by atoms with Crippen LogP contribution < -0.4 is 10.2 Å². The van der Waals surface area contributed by atoms with Gasteiger partial charge in [0.05, 0.1) is 5.52 Å². The maximum Gasteiger partial charge on any atom is 0.0737 e. The zero-order valence-electron chi connectivity index (χ0n) is 15.4. The molecule has 0 saturated carbocycles. The van der Waals surface area contributed by atoms with Gasteiger partial charge in [-0.2, -0.15) is 0 Å². The van der Waals surface area contributed by atoms with E-state index in [-0.39, 0.29) is 0 Å². The van der Waals surface area contributed by atoms with Gasteiger partial charge in [-0.05, 0) is 49.4 Å². The Morgan fingerprint density at radius 3 is 2.59 bits per heavy atom. The van der Waals surface area contributed by atoms with E-state index in [0.717, 1.165) is 67.3 Å². The minimum absolute atomic E-state index is 0.724. The molecule has 0 aliphatic carbocycles. The summed E-state index contributed by atoms with van der Waals surface area (Å²) in [6.07, 6.45) is 2.96. The van der Waals surface area contributed by atoms with Crippen LogP contribution in [0.15, 0.2) is 60.8 Å². The van der Waals surface area contributed by atoms with Crippen LogP contribution in [0.25, 0.3) is 10.9 Å². The minimum atomic E-state index is 0.724. The smallest absolute Gasteiger partial charge is 0.0737 e. The van der Waals surface area contributed by atoms with Gasteiger partial charge < -0.3 is 10.2 Å². The third-order valence-electron chi connectivity index (χ3n) is 5.16. The van der Waals surface area contributed by atoms with Crippen LogP contribution in [0.5, 0.6) is 0 Å². The summed E-state index contributed by atoms with van der Waals surface area (Å²) >= 11 is 6.06. The molecule has 1 saturated heterocycles. The molecule has 0 radical (unpaired) electrons. The highest BCUT2D eigenvalue weighted by Crippen LogP contribution is 2.24. The van der Waals surface area contributed by atoms with Gasteiger partial charge in [0.1, 0.15) is 0 Å². The van der Waals surface area contributed by atoms with Gasteiger partial charge in [0.15, 0.2) is 0 Å². The molecule has 0 spiro atoms.